The highest BCUT2D eigenvalue weighted by molar-refractivity contribution is 6.07. The average molecular weight is 382 g/mol. The topological polar surface area (TPSA) is 87.1 Å². The summed E-state index contributed by atoms with van der Waals surface area (Å²) in [6.07, 6.45) is -0.0152. The Morgan fingerprint density at radius 1 is 1.14 bits per heavy atom. The van der Waals surface area contributed by atoms with E-state index in [0.717, 1.165) is 16.5 Å². The molecule has 0 aliphatic carbocycles. The molecule has 2 fully saturated rings. The van der Waals surface area contributed by atoms with Gasteiger partial charge in [0.15, 0.2) is 0 Å². The Morgan fingerprint density at radius 3 is 2.75 bits per heavy atom. The van der Waals surface area contributed by atoms with Gasteiger partial charge in [0, 0.05) is 24.9 Å². The Bertz CT molecular complexity index is 923. The minimum absolute atomic E-state index is 0.0854. The maximum atomic E-state index is 13.1. The molecule has 0 spiro atoms. The van der Waals surface area contributed by atoms with E-state index in [9.17, 15) is 14.4 Å². The molecule has 2 aliphatic heterocycles. The highest BCUT2D eigenvalue weighted by atomic mass is 16.5. The van der Waals surface area contributed by atoms with Gasteiger partial charge in [0.25, 0.3) is 0 Å². The molecule has 7 nitrogen and oxygen atoms in total. The van der Waals surface area contributed by atoms with Crippen LogP contribution >= 0.6 is 0 Å². The molecule has 2 aromatic carbocycles. The Morgan fingerprint density at radius 2 is 1.93 bits per heavy atom. The predicted octanol–water partition coefficient (Wildman–Crippen LogP) is 1.89. The van der Waals surface area contributed by atoms with E-state index >= 15 is 0 Å². The number of hydrogen-bond donors (Lipinski definition) is 1. The van der Waals surface area contributed by atoms with Crippen LogP contribution in [0.25, 0.3) is 10.8 Å². The number of amides is 2. The van der Waals surface area contributed by atoms with Crippen molar-refractivity contribution in [3.05, 3.63) is 42.5 Å². The molecule has 28 heavy (non-hydrogen) atoms. The molecule has 7 heteroatoms. The number of aliphatic carboxylic acids is 1. The second-order valence-electron chi connectivity index (χ2n) is 7.26. The summed E-state index contributed by atoms with van der Waals surface area (Å²) in [7, 11) is 0. The van der Waals surface area contributed by atoms with E-state index in [1.807, 2.05) is 42.5 Å². The lowest BCUT2D eigenvalue weighted by molar-refractivity contribution is -0.149. The third-order valence-electron chi connectivity index (χ3n) is 5.45. The molecule has 2 heterocycles. The van der Waals surface area contributed by atoms with Crippen LogP contribution in [0.2, 0.25) is 0 Å². The number of fused-ring (bicyclic) bond motifs is 1. The molecule has 2 unspecified atom stereocenters. The van der Waals surface area contributed by atoms with Gasteiger partial charge < -0.3 is 19.6 Å². The molecule has 2 aliphatic rings. The van der Waals surface area contributed by atoms with E-state index in [0.29, 0.717) is 19.7 Å². The van der Waals surface area contributed by atoms with Gasteiger partial charge in [0.05, 0.1) is 37.3 Å². The van der Waals surface area contributed by atoms with Crippen molar-refractivity contribution < 1.29 is 24.2 Å². The zero-order valence-corrected chi connectivity index (χ0v) is 15.4. The van der Waals surface area contributed by atoms with Crippen molar-refractivity contribution in [2.75, 3.05) is 31.2 Å². The molecule has 1 N–H and O–H groups in total. The van der Waals surface area contributed by atoms with Crippen molar-refractivity contribution in [3.8, 4) is 0 Å². The van der Waals surface area contributed by atoms with Gasteiger partial charge in [-0.05, 0) is 11.5 Å². The maximum absolute atomic E-state index is 13.1. The molecule has 0 radical (unpaired) electrons. The lowest BCUT2D eigenvalue weighted by atomic mass is 10.0. The monoisotopic (exact) mass is 382 g/mol. The quantitative estimate of drug-likeness (QED) is 0.873. The molecule has 0 saturated carbocycles. The van der Waals surface area contributed by atoms with Crippen molar-refractivity contribution in [3.63, 3.8) is 0 Å². The van der Waals surface area contributed by atoms with Gasteiger partial charge in [0.2, 0.25) is 11.8 Å². The summed E-state index contributed by atoms with van der Waals surface area (Å²) < 4.78 is 5.35. The number of nitrogens with zero attached hydrogens (tertiary/aromatic N) is 2. The Hall–Kier alpha value is -2.93. The fraction of sp³-hybridized carbons (Fsp3) is 0.381. The van der Waals surface area contributed by atoms with Gasteiger partial charge in [0.1, 0.15) is 0 Å². The molecule has 2 atom stereocenters. The molecule has 4 rings (SSSR count). The van der Waals surface area contributed by atoms with Gasteiger partial charge in [-0.2, -0.15) is 0 Å². The second-order valence-corrected chi connectivity index (χ2v) is 7.26. The number of carbonyl (C=O) groups is 3. The van der Waals surface area contributed by atoms with Crippen LogP contribution in [0.1, 0.15) is 12.8 Å². The van der Waals surface area contributed by atoms with Crippen LogP contribution in [0.3, 0.4) is 0 Å². The number of benzene rings is 2. The number of ether oxygens (including phenoxy) is 1. The lowest BCUT2D eigenvalue weighted by Gasteiger charge is -2.36. The zero-order chi connectivity index (χ0) is 19.7. The largest absolute Gasteiger partial charge is 0.481 e. The lowest BCUT2D eigenvalue weighted by Crippen LogP contribution is -2.51. The van der Waals surface area contributed by atoms with Crippen molar-refractivity contribution in [1.82, 2.24) is 4.90 Å². The summed E-state index contributed by atoms with van der Waals surface area (Å²) in [5.74, 6) is -1.68. The number of hydrogen-bond acceptors (Lipinski definition) is 4. The Kier molecular flexibility index (Phi) is 5.00. The molecule has 0 aromatic heterocycles. The van der Waals surface area contributed by atoms with Gasteiger partial charge >= 0.3 is 5.97 Å². The van der Waals surface area contributed by atoms with Gasteiger partial charge in [-0.25, -0.2) is 0 Å². The number of carboxylic acid groups (broad SMARTS) is 1. The first-order valence-electron chi connectivity index (χ1n) is 9.42. The molecule has 0 bridgehead atoms. The highest BCUT2D eigenvalue weighted by Crippen LogP contribution is 2.32. The number of rotatable bonds is 4. The molecule has 2 amide bonds. The minimum atomic E-state index is -0.965. The smallest absolute Gasteiger partial charge is 0.305 e. The molecule has 2 aromatic rings. The fourth-order valence-corrected chi connectivity index (χ4v) is 4.10. The number of carboxylic acids is 1. The maximum Gasteiger partial charge on any atom is 0.305 e. The molecular weight excluding hydrogens is 360 g/mol. The van der Waals surface area contributed by atoms with E-state index in [2.05, 4.69) is 0 Å². The normalized spacial score (nSPS) is 22.6. The van der Waals surface area contributed by atoms with Crippen LogP contribution in [0.4, 0.5) is 5.69 Å². The fourth-order valence-electron chi connectivity index (χ4n) is 4.10. The number of anilines is 1. The standard InChI is InChI=1S/C21H22N2O5/c24-19-10-15(21(27)22-8-9-28-13-16(22)11-20(25)26)12-23(19)18-7-3-5-14-4-1-2-6-17(14)18/h1-7,15-16H,8-13H2,(H,25,26). The third kappa shape index (κ3) is 3.45. The van der Waals surface area contributed by atoms with Crippen LogP contribution in [0.15, 0.2) is 42.5 Å². The summed E-state index contributed by atoms with van der Waals surface area (Å²) in [4.78, 5) is 40.2. The van der Waals surface area contributed by atoms with Crippen LogP contribution in [0, 0.1) is 5.92 Å². The Labute approximate surface area is 162 Å². The van der Waals surface area contributed by atoms with Gasteiger partial charge in [-0.1, -0.05) is 36.4 Å². The molecular formula is C21H22N2O5. The van der Waals surface area contributed by atoms with Crippen LogP contribution in [-0.4, -0.2) is 60.1 Å². The summed E-state index contributed by atoms with van der Waals surface area (Å²) in [5.41, 5.74) is 0.808. The van der Waals surface area contributed by atoms with Gasteiger partial charge in [-0.3, -0.25) is 14.4 Å². The highest BCUT2D eigenvalue weighted by Gasteiger charge is 2.40. The number of morpholine rings is 1. The third-order valence-corrected chi connectivity index (χ3v) is 5.45. The van der Waals surface area contributed by atoms with E-state index in [-0.39, 0.29) is 31.3 Å². The summed E-state index contributed by atoms with van der Waals surface area (Å²) in [6.45, 7) is 1.26. The number of carbonyl (C=O) groups excluding carboxylic acids is 2. The average Bonchev–Trinajstić information content (AvgIpc) is 3.08. The van der Waals surface area contributed by atoms with Crippen LogP contribution in [-0.2, 0) is 19.1 Å². The summed E-state index contributed by atoms with van der Waals surface area (Å²) in [5, 5.41) is 11.1. The first kappa shape index (κ1) is 18.4. The van der Waals surface area contributed by atoms with Crippen LogP contribution < -0.4 is 4.90 Å². The zero-order valence-electron chi connectivity index (χ0n) is 15.4. The summed E-state index contributed by atoms with van der Waals surface area (Å²) >= 11 is 0. The van der Waals surface area contributed by atoms with Crippen molar-refractivity contribution in [2.24, 2.45) is 5.92 Å². The SMILES string of the molecule is O=C(O)CC1COCCN1C(=O)C1CC(=O)N(c2cccc3ccccc23)C1. The van der Waals surface area contributed by atoms with Crippen molar-refractivity contribution in [1.29, 1.82) is 0 Å². The first-order valence-corrected chi connectivity index (χ1v) is 9.42. The van der Waals surface area contributed by atoms with E-state index < -0.39 is 17.9 Å². The molecule has 146 valence electrons. The van der Waals surface area contributed by atoms with Crippen molar-refractivity contribution >= 4 is 34.2 Å². The predicted molar refractivity (Wildman–Crippen MR) is 103 cm³/mol. The minimum Gasteiger partial charge on any atom is -0.481 e. The van der Waals surface area contributed by atoms with E-state index in [4.69, 9.17) is 9.84 Å². The molecule has 2 saturated heterocycles. The van der Waals surface area contributed by atoms with Crippen molar-refractivity contribution in [2.45, 2.75) is 18.9 Å². The second kappa shape index (κ2) is 7.59. The van der Waals surface area contributed by atoms with Gasteiger partial charge in [-0.15, -0.1) is 0 Å². The summed E-state index contributed by atoms with van der Waals surface area (Å²) in [6, 6.07) is 13.2. The van der Waals surface area contributed by atoms with E-state index in [1.165, 1.54) is 0 Å². The Balaban J connectivity index is 1.55. The first-order chi connectivity index (χ1) is 13.5. The van der Waals surface area contributed by atoms with E-state index in [1.54, 1.807) is 9.80 Å². The van der Waals surface area contributed by atoms with Crippen LogP contribution in [0.5, 0.6) is 0 Å².